The summed E-state index contributed by atoms with van der Waals surface area (Å²) in [5.74, 6) is 0.246. The van der Waals surface area contributed by atoms with E-state index < -0.39 is 0 Å². The number of rotatable bonds is 4. The standard InChI is InChI=1S/C13H17BrFNO2/c1-17-11-7-10(14)9(12(15)13(11)18-2)6-8-4-3-5-16-8/h7-8,16H,3-6H2,1-2H3. The molecule has 1 unspecified atom stereocenters. The molecule has 0 aromatic heterocycles. The van der Waals surface area contributed by atoms with Crippen LogP contribution in [0.4, 0.5) is 4.39 Å². The van der Waals surface area contributed by atoms with Crippen LogP contribution in [0, 0.1) is 5.82 Å². The molecule has 1 aliphatic rings. The molecule has 1 heterocycles. The maximum atomic E-state index is 14.4. The predicted octanol–water partition coefficient (Wildman–Crippen LogP) is 2.90. The molecule has 1 fully saturated rings. The summed E-state index contributed by atoms with van der Waals surface area (Å²) in [5.41, 5.74) is 0.645. The van der Waals surface area contributed by atoms with Gasteiger partial charge in [-0.3, -0.25) is 0 Å². The minimum atomic E-state index is -0.336. The average molecular weight is 318 g/mol. The van der Waals surface area contributed by atoms with Crippen molar-refractivity contribution in [2.24, 2.45) is 0 Å². The quantitative estimate of drug-likeness (QED) is 0.926. The lowest BCUT2D eigenvalue weighted by atomic mass is 10.0. The minimum absolute atomic E-state index is 0.175. The van der Waals surface area contributed by atoms with Crippen LogP contribution in [0.2, 0.25) is 0 Å². The maximum Gasteiger partial charge on any atom is 0.197 e. The van der Waals surface area contributed by atoms with Gasteiger partial charge in [-0.2, -0.15) is 0 Å². The van der Waals surface area contributed by atoms with E-state index in [1.165, 1.54) is 14.2 Å². The van der Waals surface area contributed by atoms with Crippen molar-refractivity contribution in [2.45, 2.75) is 25.3 Å². The van der Waals surface area contributed by atoms with E-state index in [9.17, 15) is 4.39 Å². The van der Waals surface area contributed by atoms with Crippen LogP contribution >= 0.6 is 15.9 Å². The number of halogens is 2. The Morgan fingerprint density at radius 2 is 2.22 bits per heavy atom. The summed E-state index contributed by atoms with van der Waals surface area (Å²) in [4.78, 5) is 0. The van der Waals surface area contributed by atoms with E-state index in [0.29, 0.717) is 23.8 Å². The van der Waals surface area contributed by atoms with Crippen LogP contribution in [0.25, 0.3) is 0 Å². The van der Waals surface area contributed by atoms with Gasteiger partial charge < -0.3 is 14.8 Å². The molecule has 0 spiro atoms. The summed E-state index contributed by atoms with van der Waals surface area (Å²) >= 11 is 3.41. The Bertz CT molecular complexity index is 433. The summed E-state index contributed by atoms with van der Waals surface area (Å²) in [6.45, 7) is 1.01. The van der Waals surface area contributed by atoms with E-state index in [-0.39, 0.29) is 11.6 Å². The molecule has 1 saturated heterocycles. The Morgan fingerprint density at radius 1 is 1.44 bits per heavy atom. The van der Waals surface area contributed by atoms with E-state index in [1.807, 2.05) is 0 Å². The number of ether oxygens (including phenoxy) is 2. The van der Waals surface area contributed by atoms with Crippen molar-refractivity contribution >= 4 is 15.9 Å². The summed E-state index contributed by atoms with van der Waals surface area (Å²) in [6.07, 6.45) is 2.89. The second-order valence-electron chi connectivity index (χ2n) is 4.38. The second-order valence-corrected chi connectivity index (χ2v) is 5.24. The fourth-order valence-electron chi connectivity index (χ4n) is 2.32. The van der Waals surface area contributed by atoms with Gasteiger partial charge in [-0.25, -0.2) is 4.39 Å². The molecular weight excluding hydrogens is 301 g/mol. The third-order valence-electron chi connectivity index (χ3n) is 3.27. The first-order valence-corrected chi connectivity index (χ1v) is 6.79. The Morgan fingerprint density at radius 3 is 2.78 bits per heavy atom. The van der Waals surface area contributed by atoms with Gasteiger partial charge in [0, 0.05) is 16.1 Å². The molecule has 0 amide bonds. The molecule has 5 heteroatoms. The summed E-state index contributed by atoms with van der Waals surface area (Å²) < 4.78 is 25.3. The Kier molecular flexibility index (Phi) is 4.45. The third-order valence-corrected chi connectivity index (χ3v) is 3.98. The molecule has 0 aliphatic carbocycles. The molecule has 1 aromatic carbocycles. The van der Waals surface area contributed by atoms with E-state index >= 15 is 0 Å². The molecule has 18 heavy (non-hydrogen) atoms. The van der Waals surface area contributed by atoms with E-state index in [4.69, 9.17) is 9.47 Å². The maximum absolute atomic E-state index is 14.4. The molecule has 0 radical (unpaired) electrons. The largest absolute Gasteiger partial charge is 0.493 e. The number of hydrogen-bond acceptors (Lipinski definition) is 3. The molecule has 1 N–H and O–H groups in total. The van der Waals surface area contributed by atoms with Gasteiger partial charge in [-0.05, 0) is 31.9 Å². The molecule has 0 bridgehead atoms. The average Bonchev–Trinajstić information content (AvgIpc) is 2.86. The van der Waals surface area contributed by atoms with Crippen LogP contribution in [-0.2, 0) is 6.42 Å². The van der Waals surface area contributed by atoms with E-state index in [1.54, 1.807) is 6.07 Å². The second kappa shape index (κ2) is 5.89. The van der Waals surface area contributed by atoms with Crippen molar-refractivity contribution in [3.05, 3.63) is 21.9 Å². The van der Waals surface area contributed by atoms with Crippen molar-refractivity contribution in [1.29, 1.82) is 0 Å². The fraction of sp³-hybridized carbons (Fsp3) is 0.538. The van der Waals surface area contributed by atoms with Gasteiger partial charge in [0.1, 0.15) is 0 Å². The molecule has 1 aliphatic heterocycles. The summed E-state index contributed by atoms with van der Waals surface area (Å²) in [5, 5.41) is 3.37. The van der Waals surface area contributed by atoms with Crippen molar-refractivity contribution in [2.75, 3.05) is 20.8 Å². The molecule has 1 atom stereocenters. The Balaban J connectivity index is 2.33. The predicted molar refractivity (Wildman–Crippen MR) is 71.9 cm³/mol. The zero-order valence-electron chi connectivity index (χ0n) is 10.6. The highest BCUT2D eigenvalue weighted by molar-refractivity contribution is 9.10. The Hall–Kier alpha value is -0.810. The fourth-order valence-corrected chi connectivity index (χ4v) is 2.87. The first-order chi connectivity index (χ1) is 8.67. The van der Waals surface area contributed by atoms with Crippen LogP contribution in [0.15, 0.2) is 10.5 Å². The van der Waals surface area contributed by atoms with Gasteiger partial charge in [0.2, 0.25) is 0 Å². The highest BCUT2D eigenvalue weighted by Gasteiger charge is 2.23. The van der Waals surface area contributed by atoms with Gasteiger partial charge in [0.05, 0.1) is 14.2 Å². The van der Waals surface area contributed by atoms with Crippen molar-refractivity contribution in [3.8, 4) is 11.5 Å². The van der Waals surface area contributed by atoms with Crippen LogP contribution in [0.3, 0.4) is 0 Å². The SMILES string of the molecule is COc1cc(Br)c(CC2CCCN2)c(F)c1OC. The molecule has 3 nitrogen and oxygen atoms in total. The number of hydrogen-bond donors (Lipinski definition) is 1. The minimum Gasteiger partial charge on any atom is -0.493 e. The van der Waals surface area contributed by atoms with Crippen molar-refractivity contribution in [1.82, 2.24) is 5.32 Å². The van der Waals surface area contributed by atoms with Gasteiger partial charge in [0.25, 0.3) is 0 Å². The Labute approximate surface area is 115 Å². The first kappa shape index (κ1) is 13.6. The lowest BCUT2D eigenvalue weighted by molar-refractivity contribution is 0.335. The highest BCUT2D eigenvalue weighted by atomic mass is 79.9. The van der Waals surface area contributed by atoms with Crippen LogP contribution in [0.5, 0.6) is 11.5 Å². The molecule has 1 aromatic rings. The molecular formula is C13H17BrFNO2. The number of methoxy groups -OCH3 is 2. The first-order valence-electron chi connectivity index (χ1n) is 5.99. The number of nitrogens with one attached hydrogen (secondary N) is 1. The lowest BCUT2D eigenvalue weighted by Gasteiger charge is -2.16. The van der Waals surface area contributed by atoms with E-state index in [0.717, 1.165) is 23.9 Å². The highest BCUT2D eigenvalue weighted by Crippen LogP contribution is 2.37. The molecule has 100 valence electrons. The zero-order valence-corrected chi connectivity index (χ0v) is 12.1. The van der Waals surface area contributed by atoms with Gasteiger partial charge >= 0.3 is 0 Å². The zero-order chi connectivity index (χ0) is 13.1. The van der Waals surface area contributed by atoms with Crippen molar-refractivity contribution in [3.63, 3.8) is 0 Å². The van der Waals surface area contributed by atoms with Crippen molar-refractivity contribution < 1.29 is 13.9 Å². The van der Waals surface area contributed by atoms with Crippen LogP contribution < -0.4 is 14.8 Å². The topological polar surface area (TPSA) is 30.5 Å². The van der Waals surface area contributed by atoms with Gasteiger partial charge in [0.15, 0.2) is 17.3 Å². The molecule has 0 saturated carbocycles. The smallest absolute Gasteiger partial charge is 0.197 e. The molecule has 2 rings (SSSR count). The monoisotopic (exact) mass is 317 g/mol. The van der Waals surface area contributed by atoms with Crippen LogP contribution in [-0.4, -0.2) is 26.8 Å². The summed E-state index contributed by atoms with van der Waals surface area (Å²) in [6, 6.07) is 2.10. The third kappa shape index (κ3) is 2.62. The lowest BCUT2D eigenvalue weighted by Crippen LogP contribution is -2.24. The van der Waals surface area contributed by atoms with Gasteiger partial charge in [-0.1, -0.05) is 15.9 Å². The normalized spacial score (nSPS) is 19.0. The summed E-state index contributed by atoms with van der Waals surface area (Å²) in [7, 11) is 2.95. The van der Waals surface area contributed by atoms with Gasteiger partial charge in [-0.15, -0.1) is 0 Å². The van der Waals surface area contributed by atoms with E-state index in [2.05, 4.69) is 21.2 Å². The number of benzene rings is 1. The van der Waals surface area contributed by atoms with Crippen LogP contribution in [0.1, 0.15) is 18.4 Å².